The van der Waals surface area contributed by atoms with Gasteiger partial charge >= 0.3 is 0 Å². The first kappa shape index (κ1) is 10.3. The van der Waals surface area contributed by atoms with E-state index < -0.39 is 281 Å². The normalized spacial score (nSPS) is 24.9. The van der Waals surface area contributed by atoms with E-state index in [9.17, 15) is 20.6 Å². The Morgan fingerprint density at radius 3 is 1.92 bits per heavy atom. The summed E-state index contributed by atoms with van der Waals surface area (Å²) in [5, 5.41) is -5.64. The molecule has 0 saturated carbocycles. The van der Waals surface area contributed by atoms with E-state index >= 15 is 0 Å². The number of benzene rings is 9. The number of rotatable bonds is 3. The first-order chi connectivity index (χ1) is 37.0. The van der Waals surface area contributed by atoms with Crippen molar-refractivity contribution >= 4 is 43.1 Å². The third kappa shape index (κ3) is 3.90. The molecule has 0 saturated heterocycles. The molecule has 48 heavy (non-hydrogen) atoms. The Hall–Kier alpha value is -5.98. The average Bonchev–Trinajstić information content (AvgIpc) is 3.77. The third-order valence-electron chi connectivity index (χ3n) is 8.19. The van der Waals surface area contributed by atoms with Crippen molar-refractivity contribution in [3.05, 3.63) is 192 Å². The lowest BCUT2D eigenvalue weighted by Gasteiger charge is -2.28. The first-order valence-electron chi connectivity index (χ1n) is 30.2. The standard InChI is InChI=1S/C48H32/c1-48(38-13-3-2-4-14-38)45-18-10-9-17-41(45)42-25-24-34(30-46(42)48)33-21-19-31-20-22-36(28-37(31)27-33)47-40-16-8-6-12-35(40)29-44-39-15-7-5-11-32(39)23-26-43(44)47/h2-30H,1H3/i1D3,2D,3D,4D,5D,6D,7D,8D,9D,10D,11D,12D,13D,14D,15D,16D,17D,18D,19D,20D,21D,22D,23D,24D,25D,26D,27D,28D,29D,30D. The van der Waals surface area contributed by atoms with Gasteiger partial charge in [-0.15, -0.1) is 0 Å². The van der Waals surface area contributed by atoms with Gasteiger partial charge in [0, 0.05) is 9.53 Å². The highest BCUT2D eigenvalue weighted by molar-refractivity contribution is 6.20. The summed E-state index contributed by atoms with van der Waals surface area (Å²) in [6.45, 7) is -3.88. The fourth-order valence-corrected chi connectivity index (χ4v) is 6.03. The van der Waals surface area contributed by atoms with Crippen LogP contribution < -0.4 is 0 Å². The monoisotopic (exact) mass is 640 g/mol. The van der Waals surface area contributed by atoms with Gasteiger partial charge in [0.2, 0.25) is 0 Å². The van der Waals surface area contributed by atoms with Gasteiger partial charge < -0.3 is 0 Å². The third-order valence-corrected chi connectivity index (χ3v) is 8.19. The van der Waals surface area contributed by atoms with Crippen molar-refractivity contribution in [3.63, 3.8) is 0 Å². The summed E-state index contributed by atoms with van der Waals surface area (Å²) in [6, 6.07) is -30.4. The molecule has 224 valence electrons. The topological polar surface area (TPSA) is 0 Å². The molecule has 9 aromatic carbocycles. The maximum absolute atomic E-state index is 9.99. The summed E-state index contributed by atoms with van der Waals surface area (Å²) in [7, 11) is 0. The molecule has 0 N–H and O–H groups in total. The highest BCUT2D eigenvalue weighted by Crippen LogP contribution is 2.53. The van der Waals surface area contributed by atoms with Gasteiger partial charge in [0.1, 0.15) is 0 Å². The van der Waals surface area contributed by atoms with Gasteiger partial charge in [-0.2, -0.15) is 0 Å². The SMILES string of the molecule is [2H]c1c([2H])c([2H])c(C2(C([2H])([2H])[2H])c3c([2H])c([2H])c([2H])c([2H])c3-c3c([2H])c([2H])c(-c4c([2H])c([2H])c5c([2H])c([2H])c(-c6c7c([2H])c([2H])c([2H])c([2H])c7c([2H])c7c6c([2H])c([2H])c6c([2H])c([2H])c([2H])c([2H])c67)c([2H])c5c4[2H])c([2H])c32)c([2H])c1[2H]. The van der Waals surface area contributed by atoms with Gasteiger partial charge in [0.15, 0.2) is 0 Å². The Bertz CT molecular complexity index is 4470. The van der Waals surface area contributed by atoms with Gasteiger partial charge in [-0.3, -0.25) is 0 Å². The number of fused-ring (bicyclic) bond motifs is 8. The first-order valence-corrected chi connectivity index (χ1v) is 14.2. The van der Waals surface area contributed by atoms with Crippen molar-refractivity contribution in [3.8, 4) is 33.4 Å². The lowest BCUT2D eigenvalue weighted by atomic mass is 9.74. The highest BCUT2D eigenvalue weighted by atomic mass is 14.4. The minimum absolute atomic E-state index is 0.589. The van der Waals surface area contributed by atoms with Crippen LogP contribution in [0.5, 0.6) is 0 Å². The largest absolute Gasteiger partial charge is 0.0636 e. The van der Waals surface area contributed by atoms with Gasteiger partial charge in [-0.25, -0.2) is 0 Å². The molecule has 0 radical (unpaired) electrons. The zero-order valence-corrected chi connectivity index (χ0v) is 24.0. The molecule has 0 spiro atoms. The molecule has 1 aliphatic rings. The van der Waals surface area contributed by atoms with Crippen LogP contribution in [0.3, 0.4) is 0 Å². The second kappa shape index (κ2) is 10.3. The van der Waals surface area contributed by atoms with Crippen molar-refractivity contribution < 1.29 is 43.9 Å². The summed E-state index contributed by atoms with van der Waals surface area (Å²) >= 11 is 0. The van der Waals surface area contributed by atoms with E-state index in [4.69, 9.17) is 23.3 Å². The van der Waals surface area contributed by atoms with Crippen molar-refractivity contribution in [1.82, 2.24) is 0 Å². The van der Waals surface area contributed by atoms with Gasteiger partial charge in [0.25, 0.3) is 0 Å². The molecule has 1 aliphatic carbocycles. The molecule has 0 fully saturated rings. The summed E-state index contributed by atoms with van der Waals surface area (Å²) in [4.78, 5) is 0. The molecule has 0 amide bonds. The lowest BCUT2D eigenvalue weighted by molar-refractivity contribution is 0.714. The molecular formula is C48H32. The average molecular weight is 641 g/mol. The molecule has 0 heteroatoms. The van der Waals surface area contributed by atoms with E-state index in [2.05, 4.69) is 0 Å². The summed E-state index contributed by atoms with van der Waals surface area (Å²) in [6.07, 6.45) is 0. The minimum Gasteiger partial charge on any atom is -0.0622 e. The second-order valence-corrected chi connectivity index (χ2v) is 10.8. The van der Waals surface area contributed by atoms with Crippen molar-refractivity contribution in [2.45, 2.75) is 12.3 Å². The molecule has 10 rings (SSSR count). The van der Waals surface area contributed by atoms with Crippen LogP contribution in [0.2, 0.25) is 0 Å². The molecule has 9 aromatic rings. The van der Waals surface area contributed by atoms with Crippen LogP contribution in [0.4, 0.5) is 0 Å². The Morgan fingerprint density at radius 1 is 0.396 bits per heavy atom. The van der Waals surface area contributed by atoms with Gasteiger partial charge in [-0.05, 0) is 124 Å². The predicted octanol–water partition coefficient (Wildman–Crippen LogP) is 13.0. The van der Waals surface area contributed by atoms with Gasteiger partial charge in [0.05, 0.1) is 39.8 Å². The second-order valence-electron chi connectivity index (χ2n) is 10.8. The van der Waals surface area contributed by atoms with E-state index in [0.29, 0.717) is 0 Å². The Labute approximate surface area is 325 Å². The number of hydrogen-bond acceptors (Lipinski definition) is 0. The van der Waals surface area contributed by atoms with E-state index in [1.54, 1.807) is 0 Å². The maximum atomic E-state index is 9.99. The maximum Gasteiger partial charge on any atom is 0.0636 e. The molecule has 0 bridgehead atoms. The van der Waals surface area contributed by atoms with Crippen LogP contribution in [-0.2, 0) is 5.41 Å². The number of hydrogen-bond donors (Lipinski definition) is 0. The van der Waals surface area contributed by atoms with Crippen LogP contribution in [-0.4, -0.2) is 0 Å². The quantitative estimate of drug-likeness (QED) is 0.133. The van der Waals surface area contributed by atoms with Crippen molar-refractivity contribution in [1.29, 1.82) is 0 Å². The van der Waals surface area contributed by atoms with Crippen LogP contribution in [0.25, 0.3) is 76.5 Å². The van der Waals surface area contributed by atoms with E-state index in [0.717, 1.165) is 0 Å². The smallest absolute Gasteiger partial charge is 0.0622 e. The van der Waals surface area contributed by atoms with Crippen LogP contribution in [0.15, 0.2) is 175 Å². The molecule has 0 nitrogen and oxygen atoms in total. The van der Waals surface area contributed by atoms with Crippen molar-refractivity contribution in [2.75, 3.05) is 0 Å². The summed E-state index contributed by atoms with van der Waals surface area (Å²) in [5.41, 5.74) is -12.1. The molecular weight excluding hydrogens is 577 g/mol. The molecule has 0 heterocycles. The van der Waals surface area contributed by atoms with E-state index in [-0.39, 0.29) is 0 Å². The molecule has 1 atom stereocenters. The fraction of sp³-hybridized carbons (Fsp3) is 0.0417. The Kier molecular flexibility index (Phi) is 2.19. The van der Waals surface area contributed by atoms with E-state index in [1.807, 2.05) is 0 Å². The molecule has 1 unspecified atom stereocenters. The lowest BCUT2D eigenvalue weighted by Crippen LogP contribution is -2.22. The zero-order chi connectivity index (χ0) is 59.6. The summed E-state index contributed by atoms with van der Waals surface area (Å²) < 4.78 is 291. The molecule has 0 aromatic heterocycles. The zero-order valence-electron chi connectivity index (χ0n) is 56.0. The fourth-order valence-electron chi connectivity index (χ4n) is 6.03. The Morgan fingerprint density at radius 2 is 1.04 bits per heavy atom. The van der Waals surface area contributed by atoms with Crippen LogP contribution in [0, 0.1) is 0 Å². The van der Waals surface area contributed by atoms with Crippen LogP contribution in [0.1, 0.15) is 67.4 Å². The van der Waals surface area contributed by atoms with Gasteiger partial charge in [-0.1, -0.05) is 151 Å². The van der Waals surface area contributed by atoms with Crippen molar-refractivity contribution in [2.24, 2.45) is 0 Å². The molecule has 0 aliphatic heterocycles. The predicted molar refractivity (Wildman–Crippen MR) is 205 cm³/mol. The Balaban J connectivity index is 1.46. The van der Waals surface area contributed by atoms with Crippen LogP contribution >= 0.6 is 0 Å². The van der Waals surface area contributed by atoms with E-state index in [1.165, 1.54) is 0 Å². The summed E-state index contributed by atoms with van der Waals surface area (Å²) in [5.74, 6) is 0. The minimum atomic E-state index is -3.88. The highest BCUT2D eigenvalue weighted by Gasteiger charge is 2.40.